The number of hydrogen-bond donors (Lipinski definition) is 2. The molecule has 0 aliphatic heterocycles. The average molecular weight is 288 g/mol. The molecule has 0 aliphatic rings. The number of hydrazine groups is 1. The van der Waals surface area contributed by atoms with E-state index in [0.29, 0.717) is 17.1 Å². The highest BCUT2D eigenvalue weighted by Crippen LogP contribution is 2.26. The molecule has 112 valence electrons. The maximum atomic E-state index is 11.5. The first-order chi connectivity index (χ1) is 9.92. The lowest BCUT2D eigenvalue weighted by Crippen LogP contribution is -2.30. The molecule has 3 N–H and O–H groups in total. The largest absolute Gasteiger partial charge is 0.485 e. The third-order valence-corrected chi connectivity index (χ3v) is 3.31. The molecule has 1 aromatic carbocycles. The summed E-state index contributed by atoms with van der Waals surface area (Å²) < 4.78 is 11.4. The summed E-state index contributed by atoms with van der Waals surface area (Å²) in [6.45, 7) is 8.06. The zero-order valence-electron chi connectivity index (χ0n) is 12.7. The fourth-order valence-corrected chi connectivity index (χ4v) is 2.46. The smallest absolute Gasteiger partial charge is 0.268 e. The Morgan fingerprint density at radius 1 is 1.19 bits per heavy atom. The van der Waals surface area contributed by atoms with Crippen LogP contribution < -0.4 is 16.0 Å². The SMILES string of the molecule is Cc1cc(C)c(OCc2cc(C(=O)NN)c(C)o2)c(C)c1. The highest BCUT2D eigenvalue weighted by Gasteiger charge is 2.15. The van der Waals surface area contributed by atoms with Crippen molar-refractivity contribution in [1.82, 2.24) is 5.43 Å². The number of furan rings is 1. The number of nitrogen functional groups attached to an aromatic ring is 1. The normalized spacial score (nSPS) is 10.5. The van der Waals surface area contributed by atoms with Crippen molar-refractivity contribution in [3.8, 4) is 5.75 Å². The Morgan fingerprint density at radius 3 is 2.38 bits per heavy atom. The molecule has 0 saturated carbocycles. The number of rotatable bonds is 4. The molecule has 1 aromatic heterocycles. The number of aryl methyl sites for hydroxylation is 4. The van der Waals surface area contributed by atoms with Crippen molar-refractivity contribution in [3.63, 3.8) is 0 Å². The van der Waals surface area contributed by atoms with E-state index < -0.39 is 0 Å². The maximum absolute atomic E-state index is 11.5. The van der Waals surface area contributed by atoms with Gasteiger partial charge < -0.3 is 9.15 Å². The first-order valence-corrected chi connectivity index (χ1v) is 6.73. The maximum Gasteiger partial charge on any atom is 0.268 e. The zero-order valence-corrected chi connectivity index (χ0v) is 12.7. The van der Waals surface area contributed by atoms with Gasteiger partial charge in [0.1, 0.15) is 23.9 Å². The summed E-state index contributed by atoms with van der Waals surface area (Å²) in [7, 11) is 0. The Kier molecular flexibility index (Phi) is 4.33. The van der Waals surface area contributed by atoms with E-state index in [1.165, 1.54) is 5.56 Å². The van der Waals surface area contributed by atoms with E-state index in [1.54, 1.807) is 13.0 Å². The number of ether oxygens (including phenoxy) is 1. The molecule has 1 amide bonds. The van der Waals surface area contributed by atoms with Crippen molar-refractivity contribution in [2.75, 3.05) is 0 Å². The van der Waals surface area contributed by atoms with Gasteiger partial charge >= 0.3 is 0 Å². The van der Waals surface area contributed by atoms with Gasteiger partial charge in [0.2, 0.25) is 0 Å². The van der Waals surface area contributed by atoms with Crippen LogP contribution in [-0.4, -0.2) is 5.91 Å². The molecule has 0 spiro atoms. The number of nitrogens with two attached hydrogens (primary N) is 1. The Hall–Kier alpha value is -2.27. The fourth-order valence-electron chi connectivity index (χ4n) is 2.46. The van der Waals surface area contributed by atoms with Crippen molar-refractivity contribution >= 4 is 5.91 Å². The minimum atomic E-state index is -0.370. The van der Waals surface area contributed by atoms with Gasteiger partial charge in [0.05, 0.1) is 5.56 Å². The molecule has 5 nitrogen and oxygen atoms in total. The molecule has 21 heavy (non-hydrogen) atoms. The van der Waals surface area contributed by atoms with Crippen molar-refractivity contribution in [2.45, 2.75) is 34.3 Å². The van der Waals surface area contributed by atoms with Crippen molar-refractivity contribution in [1.29, 1.82) is 0 Å². The minimum absolute atomic E-state index is 0.267. The molecular weight excluding hydrogens is 268 g/mol. The standard InChI is InChI=1S/C16H20N2O3/c1-9-5-10(2)15(11(3)6-9)20-8-13-7-14(12(4)21-13)16(19)18-17/h5-7H,8,17H2,1-4H3,(H,18,19). The molecule has 0 atom stereocenters. The molecule has 1 heterocycles. The molecule has 0 radical (unpaired) electrons. The number of hydrogen-bond acceptors (Lipinski definition) is 4. The summed E-state index contributed by atoms with van der Waals surface area (Å²) in [4.78, 5) is 11.5. The predicted molar refractivity (Wildman–Crippen MR) is 80.1 cm³/mol. The van der Waals surface area contributed by atoms with Gasteiger partial charge in [-0.05, 0) is 44.9 Å². The summed E-state index contributed by atoms with van der Waals surface area (Å²) in [6, 6.07) is 5.79. The predicted octanol–water partition coefficient (Wildman–Crippen LogP) is 2.70. The van der Waals surface area contributed by atoms with E-state index in [-0.39, 0.29) is 12.5 Å². The molecule has 2 aromatic rings. The Morgan fingerprint density at radius 2 is 1.81 bits per heavy atom. The topological polar surface area (TPSA) is 77.5 Å². The van der Waals surface area contributed by atoms with Crippen molar-refractivity contribution in [3.05, 3.63) is 52.0 Å². The summed E-state index contributed by atoms with van der Waals surface area (Å²) in [5, 5.41) is 0. The van der Waals surface area contributed by atoms with Crippen LogP contribution in [0.1, 0.15) is 38.6 Å². The summed E-state index contributed by atoms with van der Waals surface area (Å²) in [5.41, 5.74) is 5.88. The molecule has 0 fully saturated rings. The van der Waals surface area contributed by atoms with Crippen LogP contribution in [0.3, 0.4) is 0 Å². The number of amides is 1. The third kappa shape index (κ3) is 3.25. The van der Waals surface area contributed by atoms with Gasteiger partial charge in [0, 0.05) is 0 Å². The lowest BCUT2D eigenvalue weighted by molar-refractivity contribution is 0.0952. The van der Waals surface area contributed by atoms with Gasteiger partial charge in [-0.1, -0.05) is 17.7 Å². The first-order valence-electron chi connectivity index (χ1n) is 6.73. The summed E-state index contributed by atoms with van der Waals surface area (Å²) in [5.74, 6) is 6.72. The van der Waals surface area contributed by atoms with Crippen LogP contribution in [0.25, 0.3) is 0 Å². The van der Waals surface area contributed by atoms with E-state index in [1.807, 2.05) is 13.8 Å². The third-order valence-electron chi connectivity index (χ3n) is 3.31. The monoisotopic (exact) mass is 288 g/mol. The van der Waals surface area contributed by atoms with Gasteiger partial charge in [-0.3, -0.25) is 10.2 Å². The molecule has 0 aliphatic carbocycles. The van der Waals surface area contributed by atoms with Crippen LogP contribution in [0.5, 0.6) is 5.75 Å². The Bertz CT molecular complexity index is 651. The highest BCUT2D eigenvalue weighted by molar-refractivity contribution is 5.94. The highest BCUT2D eigenvalue weighted by atomic mass is 16.5. The van der Waals surface area contributed by atoms with Gasteiger partial charge in [0.25, 0.3) is 5.91 Å². The molecule has 5 heteroatoms. The molecule has 0 saturated heterocycles. The van der Waals surface area contributed by atoms with Crippen LogP contribution >= 0.6 is 0 Å². The second-order valence-electron chi connectivity index (χ2n) is 5.17. The quantitative estimate of drug-likeness (QED) is 0.515. The van der Waals surface area contributed by atoms with E-state index in [0.717, 1.165) is 16.9 Å². The van der Waals surface area contributed by atoms with Crippen LogP contribution in [0.2, 0.25) is 0 Å². The van der Waals surface area contributed by atoms with Gasteiger partial charge in [-0.15, -0.1) is 0 Å². The van der Waals surface area contributed by atoms with Crippen molar-refractivity contribution < 1.29 is 13.9 Å². The number of carbonyl (C=O) groups excluding carboxylic acids is 1. The Balaban J connectivity index is 2.16. The summed E-state index contributed by atoms with van der Waals surface area (Å²) >= 11 is 0. The molecule has 2 rings (SSSR count). The van der Waals surface area contributed by atoms with E-state index in [9.17, 15) is 4.79 Å². The van der Waals surface area contributed by atoms with Gasteiger partial charge in [0.15, 0.2) is 0 Å². The number of carbonyl (C=O) groups is 1. The van der Waals surface area contributed by atoms with Crippen LogP contribution in [-0.2, 0) is 6.61 Å². The van der Waals surface area contributed by atoms with E-state index >= 15 is 0 Å². The Labute approximate surface area is 124 Å². The number of benzene rings is 1. The lowest BCUT2D eigenvalue weighted by atomic mass is 10.1. The number of nitrogens with one attached hydrogen (secondary N) is 1. The first kappa shape index (κ1) is 15.1. The van der Waals surface area contributed by atoms with E-state index in [4.69, 9.17) is 15.0 Å². The average Bonchev–Trinajstić information content (AvgIpc) is 2.78. The van der Waals surface area contributed by atoms with Crippen molar-refractivity contribution in [2.24, 2.45) is 5.84 Å². The lowest BCUT2D eigenvalue weighted by Gasteiger charge is -2.12. The van der Waals surface area contributed by atoms with Gasteiger partial charge in [-0.2, -0.15) is 0 Å². The fraction of sp³-hybridized carbons (Fsp3) is 0.312. The summed E-state index contributed by atoms with van der Waals surface area (Å²) in [6.07, 6.45) is 0. The molecule has 0 unspecified atom stereocenters. The van der Waals surface area contributed by atoms with Crippen LogP contribution in [0.4, 0.5) is 0 Å². The van der Waals surface area contributed by atoms with Crippen LogP contribution in [0, 0.1) is 27.7 Å². The van der Waals surface area contributed by atoms with E-state index in [2.05, 4.69) is 24.5 Å². The second-order valence-corrected chi connectivity index (χ2v) is 5.17. The van der Waals surface area contributed by atoms with Crippen LogP contribution in [0.15, 0.2) is 22.6 Å². The minimum Gasteiger partial charge on any atom is -0.485 e. The van der Waals surface area contributed by atoms with Gasteiger partial charge in [-0.25, -0.2) is 5.84 Å². The zero-order chi connectivity index (χ0) is 15.6. The second kappa shape index (κ2) is 6.01. The molecular formula is C16H20N2O3. The molecule has 0 bridgehead atoms.